The first-order chi connectivity index (χ1) is 8.41. The molecule has 0 fully saturated rings. The van der Waals surface area contributed by atoms with E-state index >= 15 is 0 Å². The highest BCUT2D eigenvalue weighted by Crippen LogP contribution is 2.30. The van der Waals surface area contributed by atoms with Gasteiger partial charge in [0.1, 0.15) is 0 Å². The lowest BCUT2D eigenvalue weighted by atomic mass is 10.2. The Hall–Kier alpha value is -1.20. The van der Waals surface area contributed by atoms with E-state index in [0.29, 0.717) is 10.7 Å². The van der Waals surface area contributed by atoms with Crippen LogP contribution in [0.4, 0.5) is 13.2 Å². The van der Waals surface area contributed by atoms with Crippen LogP contribution < -0.4 is 0 Å². The summed E-state index contributed by atoms with van der Waals surface area (Å²) in [5.74, 6) is 0.285. The molecule has 0 saturated carbocycles. The maximum absolute atomic E-state index is 12.4. The number of hydrogen-bond acceptors (Lipinski definition) is 1. The number of benzene rings is 1. The second-order valence-corrected chi connectivity index (χ2v) is 4.27. The number of aromatic nitrogens is 2. The largest absolute Gasteiger partial charge is 0.419 e. The number of rotatable bonds is 2. The van der Waals surface area contributed by atoms with Gasteiger partial charge in [-0.25, -0.2) is 4.68 Å². The van der Waals surface area contributed by atoms with Crippen LogP contribution in [0.25, 0.3) is 5.69 Å². The van der Waals surface area contributed by atoms with Crippen LogP contribution in [0.5, 0.6) is 0 Å². The lowest BCUT2D eigenvalue weighted by Gasteiger charge is -2.06. The Kier molecular flexibility index (Phi) is 3.54. The summed E-state index contributed by atoms with van der Waals surface area (Å²) >= 11 is 11.6. The summed E-state index contributed by atoms with van der Waals surface area (Å²) in [5, 5.41) is 3.94. The summed E-state index contributed by atoms with van der Waals surface area (Å²) in [6.45, 7) is 0. The standard InChI is InChI=1S/C11H7Cl2F3N2/c12-4-7-1-2-10(9(13)3-7)18-6-8(5-17-18)11(14,15)16/h1-3,5-6H,4H2. The van der Waals surface area contributed by atoms with Crippen molar-refractivity contribution in [1.29, 1.82) is 0 Å². The van der Waals surface area contributed by atoms with Crippen molar-refractivity contribution in [2.24, 2.45) is 0 Å². The predicted octanol–water partition coefficient (Wildman–Crippen LogP) is 4.28. The molecule has 0 amide bonds. The quantitative estimate of drug-likeness (QED) is 0.756. The molecule has 0 atom stereocenters. The molecule has 2 rings (SSSR count). The fraction of sp³-hybridized carbons (Fsp3) is 0.182. The number of hydrogen-bond donors (Lipinski definition) is 0. The average Bonchev–Trinajstić information content (AvgIpc) is 2.77. The first kappa shape index (κ1) is 13.2. The molecule has 0 aliphatic carbocycles. The molecule has 1 aromatic carbocycles. The minimum atomic E-state index is -4.42. The van der Waals surface area contributed by atoms with Gasteiger partial charge in [-0.05, 0) is 17.7 Å². The van der Waals surface area contributed by atoms with Gasteiger partial charge in [0, 0.05) is 12.1 Å². The van der Waals surface area contributed by atoms with E-state index in [1.54, 1.807) is 18.2 Å². The van der Waals surface area contributed by atoms with Crippen LogP contribution in [0.15, 0.2) is 30.6 Å². The van der Waals surface area contributed by atoms with E-state index in [9.17, 15) is 13.2 Å². The molecule has 2 nitrogen and oxygen atoms in total. The third-order valence-electron chi connectivity index (χ3n) is 2.32. The summed E-state index contributed by atoms with van der Waals surface area (Å²) in [7, 11) is 0. The zero-order valence-electron chi connectivity index (χ0n) is 8.88. The SMILES string of the molecule is FC(F)(F)c1cnn(-c2ccc(CCl)cc2Cl)c1. The molecule has 0 saturated heterocycles. The second-order valence-electron chi connectivity index (χ2n) is 3.59. The highest BCUT2D eigenvalue weighted by Gasteiger charge is 2.32. The van der Waals surface area contributed by atoms with E-state index < -0.39 is 11.7 Å². The van der Waals surface area contributed by atoms with Crippen molar-refractivity contribution < 1.29 is 13.2 Å². The Bertz CT molecular complexity index is 564. The van der Waals surface area contributed by atoms with Gasteiger partial charge in [-0.3, -0.25) is 0 Å². The lowest BCUT2D eigenvalue weighted by Crippen LogP contribution is -2.03. The third-order valence-corrected chi connectivity index (χ3v) is 2.93. The van der Waals surface area contributed by atoms with Gasteiger partial charge in [-0.2, -0.15) is 18.3 Å². The molecule has 1 aromatic heterocycles. The minimum Gasteiger partial charge on any atom is -0.239 e. The summed E-state index contributed by atoms with van der Waals surface area (Å²) in [6.07, 6.45) is -2.77. The van der Waals surface area contributed by atoms with Gasteiger partial charge in [0.15, 0.2) is 0 Å². The molecule has 0 N–H and O–H groups in total. The summed E-state index contributed by atoms with van der Waals surface area (Å²) < 4.78 is 38.4. The van der Waals surface area contributed by atoms with E-state index in [2.05, 4.69) is 5.10 Å². The molecular formula is C11H7Cl2F3N2. The number of nitrogens with zero attached hydrogens (tertiary/aromatic N) is 2. The predicted molar refractivity (Wildman–Crippen MR) is 63.1 cm³/mol. The second kappa shape index (κ2) is 4.82. The van der Waals surface area contributed by atoms with Crippen molar-refractivity contribution in [3.05, 3.63) is 46.7 Å². The molecule has 96 valence electrons. The van der Waals surface area contributed by atoms with Crippen molar-refractivity contribution in [2.45, 2.75) is 12.1 Å². The number of halogens is 5. The molecule has 0 radical (unpaired) electrons. The Morgan fingerprint density at radius 1 is 1.28 bits per heavy atom. The van der Waals surface area contributed by atoms with Gasteiger partial charge in [0.05, 0.1) is 22.5 Å². The van der Waals surface area contributed by atoms with Crippen LogP contribution in [0, 0.1) is 0 Å². The highest BCUT2D eigenvalue weighted by molar-refractivity contribution is 6.32. The van der Waals surface area contributed by atoms with Gasteiger partial charge in [0.2, 0.25) is 0 Å². The first-order valence-electron chi connectivity index (χ1n) is 4.88. The van der Waals surface area contributed by atoms with Crippen molar-refractivity contribution in [1.82, 2.24) is 9.78 Å². The van der Waals surface area contributed by atoms with Crippen molar-refractivity contribution in [2.75, 3.05) is 0 Å². The van der Waals surface area contributed by atoms with Gasteiger partial charge in [0.25, 0.3) is 0 Å². The Labute approximate surface area is 111 Å². The molecule has 0 aliphatic heterocycles. The number of alkyl halides is 4. The van der Waals surface area contributed by atoms with E-state index in [1.807, 2.05) is 0 Å². The van der Waals surface area contributed by atoms with Gasteiger partial charge >= 0.3 is 6.18 Å². The summed E-state index contributed by atoms with van der Waals surface area (Å²) in [4.78, 5) is 0. The highest BCUT2D eigenvalue weighted by atomic mass is 35.5. The van der Waals surface area contributed by atoms with Gasteiger partial charge in [-0.1, -0.05) is 17.7 Å². The van der Waals surface area contributed by atoms with Crippen LogP contribution in [0.1, 0.15) is 11.1 Å². The fourth-order valence-electron chi connectivity index (χ4n) is 1.42. The molecule has 18 heavy (non-hydrogen) atoms. The zero-order chi connectivity index (χ0) is 13.3. The normalized spacial score (nSPS) is 11.8. The van der Waals surface area contributed by atoms with E-state index in [-0.39, 0.29) is 5.88 Å². The lowest BCUT2D eigenvalue weighted by molar-refractivity contribution is -0.137. The van der Waals surface area contributed by atoms with Gasteiger partial charge in [-0.15, -0.1) is 11.6 Å². The zero-order valence-corrected chi connectivity index (χ0v) is 10.4. The summed E-state index contributed by atoms with van der Waals surface area (Å²) in [6, 6.07) is 4.86. The van der Waals surface area contributed by atoms with Crippen LogP contribution in [0.3, 0.4) is 0 Å². The maximum Gasteiger partial charge on any atom is 0.419 e. The van der Waals surface area contributed by atoms with Crippen molar-refractivity contribution in [3.8, 4) is 5.69 Å². The summed E-state index contributed by atoms with van der Waals surface area (Å²) in [5.41, 5.74) is 0.342. The molecule has 0 aliphatic rings. The molecule has 0 spiro atoms. The topological polar surface area (TPSA) is 17.8 Å². The van der Waals surface area contributed by atoms with Gasteiger partial charge < -0.3 is 0 Å². The van der Waals surface area contributed by atoms with Crippen LogP contribution in [0.2, 0.25) is 5.02 Å². The van der Waals surface area contributed by atoms with E-state index in [4.69, 9.17) is 23.2 Å². The molecule has 2 aromatic rings. The van der Waals surface area contributed by atoms with Crippen LogP contribution in [-0.2, 0) is 12.1 Å². The Morgan fingerprint density at radius 2 is 2.00 bits per heavy atom. The van der Waals surface area contributed by atoms with Crippen LogP contribution >= 0.6 is 23.2 Å². The average molecular weight is 295 g/mol. The minimum absolute atomic E-state index is 0.285. The van der Waals surface area contributed by atoms with Crippen molar-refractivity contribution >= 4 is 23.2 Å². The van der Waals surface area contributed by atoms with E-state index in [0.717, 1.165) is 22.6 Å². The molecular weight excluding hydrogens is 288 g/mol. The molecule has 1 heterocycles. The molecule has 0 unspecified atom stereocenters. The first-order valence-corrected chi connectivity index (χ1v) is 5.79. The smallest absolute Gasteiger partial charge is 0.239 e. The third kappa shape index (κ3) is 2.62. The van der Waals surface area contributed by atoms with E-state index in [1.165, 1.54) is 0 Å². The Balaban J connectivity index is 2.40. The molecule has 0 bridgehead atoms. The van der Waals surface area contributed by atoms with Crippen molar-refractivity contribution in [3.63, 3.8) is 0 Å². The molecule has 7 heteroatoms. The fourth-order valence-corrected chi connectivity index (χ4v) is 1.88. The maximum atomic E-state index is 12.4. The monoisotopic (exact) mass is 294 g/mol. The van der Waals surface area contributed by atoms with Crippen LogP contribution in [-0.4, -0.2) is 9.78 Å². The Morgan fingerprint density at radius 3 is 2.50 bits per heavy atom.